The van der Waals surface area contributed by atoms with Gasteiger partial charge in [0.15, 0.2) is 5.69 Å². The summed E-state index contributed by atoms with van der Waals surface area (Å²) in [5, 5.41) is 7.80. The minimum Gasteiger partial charge on any atom is -0.480 e. The Kier molecular flexibility index (Phi) is 5.00. The van der Waals surface area contributed by atoms with Crippen molar-refractivity contribution in [2.45, 2.75) is 13.0 Å². The number of rotatable bonds is 4. The molecule has 7 heteroatoms. The molecular weight excluding hydrogens is 306 g/mol. The van der Waals surface area contributed by atoms with Crippen molar-refractivity contribution in [3.63, 3.8) is 0 Å². The second-order valence-corrected chi connectivity index (χ2v) is 5.75. The number of hydrogen-bond donors (Lipinski definition) is 0. The molecule has 7 nitrogen and oxygen atoms in total. The first-order chi connectivity index (χ1) is 11.7. The number of carbonyl (C=O) groups is 1. The number of ether oxygens (including phenoxy) is 1. The normalized spacial score (nSPS) is 16.7. The van der Waals surface area contributed by atoms with Crippen LogP contribution in [0.15, 0.2) is 36.7 Å². The van der Waals surface area contributed by atoms with Crippen molar-refractivity contribution >= 4 is 5.91 Å². The number of nitrogens with zero attached hydrogens (tertiary/aromatic N) is 5. The summed E-state index contributed by atoms with van der Waals surface area (Å²) in [5.74, 6) is 0.320. The van der Waals surface area contributed by atoms with Gasteiger partial charge in [-0.05, 0) is 24.6 Å². The SMILES string of the molecule is COc1ccc(C(=O)N2CCN(C(C)c3cccnc3)CC2)nn1. The molecule has 1 saturated heterocycles. The fourth-order valence-electron chi connectivity index (χ4n) is 2.85. The second kappa shape index (κ2) is 7.35. The van der Waals surface area contributed by atoms with Crippen molar-refractivity contribution < 1.29 is 9.53 Å². The van der Waals surface area contributed by atoms with Gasteiger partial charge in [0.25, 0.3) is 5.91 Å². The van der Waals surface area contributed by atoms with Crippen LogP contribution in [0.25, 0.3) is 0 Å². The van der Waals surface area contributed by atoms with Crippen molar-refractivity contribution in [2.24, 2.45) is 0 Å². The number of methoxy groups -OCH3 is 1. The number of piperazine rings is 1. The van der Waals surface area contributed by atoms with E-state index in [1.54, 1.807) is 18.3 Å². The Bertz CT molecular complexity index is 669. The molecule has 3 rings (SSSR count). The van der Waals surface area contributed by atoms with Crippen LogP contribution in [0.5, 0.6) is 5.88 Å². The summed E-state index contributed by atoms with van der Waals surface area (Å²) in [6.45, 7) is 5.18. The third-order valence-electron chi connectivity index (χ3n) is 4.38. The molecule has 3 heterocycles. The van der Waals surface area contributed by atoms with E-state index in [1.807, 2.05) is 17.2 Å². The van der Waals surface area contributed by atoms with Gasteiger partial charge >= 0.3 is 0 Å². The van der Waals surface area contributed by atoms with Crippen LogP contribution in [0.4, 0.5) is 0 Å². The van der Waals surface area contributed by atoms with E-state index in [2.05, 4.69) is 33.1 Å². The predicted octanol–water partition coefficient (Wildman–Crippen LogP) is 1.40. The van der Waals surface area contributed by atoms with Crippen LogP contribution in [-0.4, -0.2) is 64.2 Å². The zero-order valence-corrected chi connectivity index (χ0v) is 13.9. The predicted molar refractivity (Wildman–Crippen MR) is 88.7 cm³/mol. The molecular formula is C17H21N5O2. The zero-order valence-electron chi connectivity index (χ0n) is 13.9. The summed E-state index contributed by atoms with van der Waals surface area (Å²) in [4.78, 5) is 20.9. The molecule has 1 aliphatic heterocycles. The minimum absolute atomic E-state index is 0.0844. The lowest BCUT2D eigenvalue weighted by Crippen LogP contribution is -2.49. The van der Waals surface area contributed by atoms with Gasteiger partial charge in [-0.3, -0.25) is 14.7 Å². The van der Waals surface area contributed by atoms with E-state index in [0.29, 0.717) is 24.7 Å². The van der Waals surface area contributed by atoms with E-state index in [-0.39, 0.29) is 11.9 Å². The zero-order chi connectivity index (χ0) is 16.9. The molecule has 24 heavy (non-hydrogen) atoms. The molecule has 1 amide bonds. The third kappa shape index (κ3) is 3.51. The molecule has 0 saturated carbocycles. The van der Waals surface area contributed by atoms with Crippen LogP contribution in [0.2, 0.25) is 0 Å². The summed E-state index contributed by atoms with van der Waals surface area (Å²) in [5.41, 5.74) is 1.54. The number of pyridine rings is 1. The highest BCUT2D eigenvalue weighted by Gasteiger charge is 2.26. The second-order valence-electron chi connectivity index (χ2n) is 5.75. The summed E-state index contributed by atoms with van der Waals surface area (Å²) in [6.07, 6.45) is 3.68. The molecule has 0 bridgehead atoms. The molecule has 0 aliphatic carbocycles. The highest BCUT2D eigenvalue weighted by molar-refractivity contribution is 5.92. The van der Waals surface area contributed by atoms with Crippen LogP contribution >= 0.6 is 0 Å². The largest absolute Gasteiger partial charge is 0.480 e. The minimum atomic E-state index is -0.0844. The van der Waals surface area contributed by atoms with Crippen molar-refractivity contribution in [2.75, 3.05) is 33.3 Å². The maximum atomic E-state index is 12.5. The Labute approximate surface area is 141 Å². The monoisotopic (exact) mass is 327 g/mol. The fourth-order valence-corrected chi connectivity index (χ4v) is 2.85. The van der Waals surface area contributed by atoms with Crippen molar-refractivity contribution in [1.82, 2.24) is 25.0 Å². The molecule has 1 unspecified atom stereocenters. The van der Waals surface area contributed by atoms with E-state index in [1.165, 1.54) is 12.7 Å². The Morgan fingerprint density at radius 1 is 1.17 bits per heavy atom. The molecule has 0 radical (unpaired) electrons. The lowest BCUT2D eigenvalue weighted by Gasteiger charge is -2.38. The van der Waals surface area contributed by atoms with E-state index in [0.717, 1.165) is 13.1 Å². The van der Waals surface area contributed by atoms with Gasteiger partial charge in [0.1, 0.15) is 0 Å². The van der Waals surface area contributed by atoms with Crippen LogP contribution in [0.3, 0.4) is 0 Å². The maximum absolute atomic E-state index is 12.5. The van der Waals surface area contributed by atoms with E-state index in [9.17, 15) is 4.79 Å². The first kappa shape index (κ1) is 16.3. The van der Waals surface area contributed by atoms with Gasteiger partial charge in [-0.1, -0.05) is 6.07 Å². The maximum Gasteiger partial charge on any atom is 0.274 e. The molecule has 0 N–H and O–H groups in total. The van der Waals surface area contributed by atoms with E-state index >= 15 is 0 Å². The van der Waals surface area contributed by atoms with Gasteiger partial charge in [-0.2, -0.15) is 0 Å². The number of amides is 1. The van der Waals surface area contributed by atoms with Gasteiger partial charge in [0, 0.05) is 50.7 Å². The summed E-state index contributed by atoms with van der Waals surface area (Å²) in [6, 6.07) is 7.63. The number of hydrogen-bond acceptors (Lipinski definition) is 6. The van der Waals surface area contributed by atoms with Gasteiger partial charge in [0.2, 0.25) is 5.88 Å². The molecule has 0 spiro atoms. The molecule has 2 aromatic heterocycles. The Morgan fingerprint density at radius 3 is 2.54 bits per heavy atom. The molecule has 2 aromatic rings. The van der Waals surface area contributed by atoms with Crippen LogP contribution in [-0.2, 0) is 0 Å². The smallest absolute Gasteiger partial charge is 0.274 e. The van der Waals surface area contributed by atoms with E-state index < -0.39 is 0 Å². The standard InChI is InChI=1S/C17H21N5O2/c1-13(14-4-3-7-18-12-14)21-8-10-22(11-9-21)17(23)15-5-6-16(24-2)20-19-15/h3-7,12-13H,8-11H2,1-2H3. The molecule has 126 valence electrons. The molecule has 0 aromatic carbocycles. The van der Waals surface area contributed by atoms with Crippen molar-refractivity contribution in [1.29, 1.82) is 0 Å². The Hall–Kier alpha value is -2.54. The van der Waals surface area contributed by atoms with Crippen LogP contribution in [0.1, 0.15) is 29.0 Å². The number of aromatic nitrogens is 3. The van der Waals surface area contributed by atoms with Crippen molar-refractivity contribution in [3.05, 3.63) is 47.9 Å². The highest BCUT2D eigenvalue weighted by atomic mass is 16.5. The molecule has 1 atom stereocenters. The first-order valence-electron chi connectivity index (χ1n) is 8.00. The Morgan fingerprint density at radius 2 is 1.96 bits per heavy atom. The van der Waals surface area contributed by atoms with Gasteiger partial charge in [0.05, 0.1) is 7.11 Å². The summed E-state index contributed by atoms with van der Waals surface area (Å²) < 4.78 is 4.97. The first-order valence-corrected chi connectivity index (χ1v) is 8.00. The quantitative estimate of drug-likeness (QED) is 0.845. The fraction of sp³-hybridized carbons (Fsp3) is 0.412. The lowest BCUT2D eigenvalue weighted by atomic mass is 10.1. The van der Waals surface area contributed by atoms with Crippen molar-refractivity contribution in [3.8, 4) is 5.88 Å². The molecule has 1 aliphatic rings. The van der Waals surface area contributed by atoms with Gasteiger partial charge in [-0.25, -0.2) is 0 Å². The number of carbonyl (C=O) groups excluding carboxylic acids is 1. The molecule has 1 fully saturated rings. The average molecular weight is 327 g/mol. The van der Waals surface area contributed by atoms with E-state index in [4.69, 9.17) is 4.74 Å². The summed E-state index contributed by atoms with van der Waals surface area (Å²) >= 11 is 0. The average Bonchev–Trinajstić information content (AvgIpc) is 2.68. The topological polar surface area (TPSA) is 71.5 Å². The lowest BCUT2D eigenvalue weighted by molar-refractivity contribution is 0.0575. The third-order valence-corrected chi connectivity index (χ3v) is 4.38. The highest BCUT2D eigenvalue weighted by Crippen LogP contribution is 2.21. The van der Waals surface area contributed by atoms with Crippen LogP contribution < -0.4 is 4.74 Å². The van der Waals surface area contributed by atoms with Gasteiger partial charge in [-0.15, -0.1) is 10.2 Å². The Balaban J connectivity index is 1.59. The van der Waals surface area contributed by atoms with Gasteiger partial charge < -0.3 is 9.64 Å². The van der Waals surface area contributed by atoms with Crippen LogP contribution in [0, 0.1) is 0 Å². The summed E-state index contributed by atoms with van der Waals surface area (Å²) in [7, 11) is 1.52.